The molecule has 0 fully saturated rings. The molecule has 0 heterocycles. The Bertz CT molecular complexity index is 147. The zero-order valence-electron chi connectivity index (χ0n) is 9.93. The van der Waals surface area contributed by atoms with Gasteiger partial charge in [-0.15, -0.1) is 0 Å². The molecule has 0 aromatic heterocycles. The van der Waals surface area contributed by atoms with Crippen molar-refractivity contribution in [3.05, 3.63) is 11.6 Å². The maximum Gasteiger partial charge on any atom is 0.0126 e. The minimum absolute atomic E-state index is 0.729. The topological polar surface area (TPSA) is 3.24 Å². The van der Waals surface area contributed by atoms with E-state index in [1.54, 1.807) is 0 Å². The van der Waals surface area contributed by atoms with Crippen LogP contribution in [0.15, 0.2) is 11.6 Å². The quantitative estimate of drug-likeness (QED) is 0.570. The molecule has 1 atom stereocenters. The van der Waals surface area contributed by atoms with Crippen molar-refractivity contribution >= 4 is 0 Å². The summed E-state index contributed by atoms with van der Waals surface area (Å²) in [6.45, 7) is 6.71. The molecule has 78 valence electrons. The van der Waals surface area contributed by atoms with Crippen LogP contribution in [0.25, 0.3) is 0 Å². The van der Waals surface area contributed by atoms with E-state index in [4.69, 9.17) is 0 Å². The average Bonchev–Trinajstić information content (AvgIpc) is 2.04. The van der Waals surface area contributed by atoms with Crippen LogP contribution in [0, 0.1) is 0 Å². The smallest absolute Gasteiger partial charge is 0.0126 e. The standard InChI is InChI=1S/C12H25N/c1-6-8-11(3)10-12(9-7-2)13(4)5/h8,12H,6-7,9-10H2,1-5H3. The first kappa shape index (κ1) is 12.7. The molecule has 0 saturated carbocycles. The highest BCUT2D eigenvalue weighted by atomic mass is 15.1. The minimum Gasteiger partial charge on any atom is -0.306 e. The van der Waals surface area contributed by atoms with Crippen molar-refractivity contribution in [2.75, 3.05) is 14.1 Å². The van der Waals surface area contributed by atoms with Gasteiger partial charge in [0.1, 0.15) is 0 Å². The van der Waals surface area contributed by atoms with Gasteiger partial charge in [0.05, 0.1) is 0 Å². The largest absolute Gasteiger partial charge is 0.306 e. The summed E-state index contributed by atoms with van der Waals surface area (Å²) in [6.07, 6.45) is 7.32. The van der Waals surface area contributed by atoms with Crippen LogP contribution in [-0.2, 0) is 0 Å². The summed E-state index contributed by atoms with van der Waals surface area (Å²) in [5, 5.41) is 0. The maximum atomic E-state index is 2.34. The molecule has 0 N–H and O–H groups in total. The molecule has 13 heavy (non-hydrogen) atoms. The van der Waals surface area contributed by atoms with Crippen LogP contribution in [0.4, 0.5) is 0 Å². The van der Waals surface area contributed by atoms with Crippen LogP contribution < -0.4 is 0 Å². The Morgan fingerprint density at radius 2 is 1.92 bits per heavy atom. The monoisotopic (exact) mass is 183 g/mol. The van der Waals surface area contributed by atoms with Gasteiger partial charge in [-0.25, -0.2) is 0 Å². The molecule has 0 aliphatic heterocycles. The highest BCUT2D eigenvalue weighted by molar-refractivity contribution is 5.00. The van der Waals surface area contributed by atoms with Crippen LogP contribution in [0.1, 0.15) is 46.5 Å². The lowest BCUT2D eigenvalue weighted by atomic mass is 10.0. The SMILES string of the molecule is CCC=C(C)CC(CCC)N(C)C. The van der Waals surface area contributed by atoms with Crippen LogP contribution in [0.5, 0.6) is 0 Å². The molecule has 1 unspecified atom stereocenters. The molecule has 0 amide bonds. The molecular formula is C12H25N. The van der Waals surface area contributed by atoms with Gasteiger partial charge in [-0.3, -0.25) is 0 Å². The van der Waals surface area contributed by atoms with Crippen molar-refractivity contribution in [3.8, 4) is 0 Å². The molecule has 0 aliphatic carbocycles. The molecule has 0 aromatic carbocycles. The van der Waals surface area contributed by atoms with Gasteiger partial charge in [-0.05, 0) is 40.3 Å². The van der Waals surface area contributed by atoms with E-state index in [1.165, 1.54) is 24.8 Å². The number of allylic oxidation sites excluding steroid dienone is 1. The molecular weight excluding hydrogens is 158 g/mol. The molecule has 0 spiro atoms. The summed E-state index contributed by atoms with van der Waals surface area (Å²) in [6, 6.07) is 0.729. The van der Waals surface area contributed by atoms with Gasteiger partial charge < -0.3 is 4.90 Å². The summed E-state index contributed by atoms with van der Waals surface area (Å²) < 4.78 is 0. The van der Waals surface area contributed by atoms with Crippen molar-refractivity contribution in [1.82, 2.24) is 4.90 Å². The fourth-order valence-electron chi connectivity index (χ4n) is 1.68. The number of hydrogen-bond donors (Lipinski definition) is 0. The lowest BCUT2D eigenvalue weighted by Gasteiger charge is -2.24. The van der Waals surface area contributed by atoms with Gasteiger partial charge in [0.2, 0.25) is 0 Å². The van der Waals surface area contributed by atoms with Gasteiger partial charge >= 0.3 is 0 Å². The number of hydrogen-bond acceptors (Lipinski definition) is 1. The predicted octanol–water partition coefficient (Wildman–Crippen LogP) is 3.46. The van der Waals surface area contributed by atoms with Gasteiger partial charge in [-0.2, -0.15) is 0 Å². The Kier molecular flexibility index (Phi) is 6.97. The van der Waals surface area contributed by atoms with Crippen molar-refractivity contribution in [3.63, 3.8) is 0 Å². The molecule has 0 bridgehead atoms. The van der Waals surface area contributed by atoms with Gasteiger partial charge in [-0.1, -0.05) is 31.9 Å². The summed E-state index contributed by atoms with van der Waals surface area (Å²) in [7, 11) is 4.36. The van der Waals surface area contributed by atoms with Crippen molar-refractivity contribution in [1.29, 1.82) is 0 Å². The fourth-order valence-corrected chi connectivity index (χ4v) is 1.68. The van der Waals surface area contributed by atoms with E-state index in [0.717, 1.165) is 12.5 Å². The Labute approximate surface area is 83.8 Å². The molecule has 1 nitrogen and oxygen atoms in total. The molecule has 1 heteroatoms. The molecule has 0 saturated heterocycles. The normalized spacial score (nSPS) is 15.1. The van der Waals surface area contributed by atoms with Crippen LogP contribution in [0.2, 0.25) is 0 Å². The van der Waals surface area contributed by atoms with E-state index in [2.05, 4.69) is 45.8 Å². The van der Waals surface area contributed by atoms with Crippen molar-refractivity contribution in [2.45, 2.75) is 52.5 Å². The fraction of sp³-hybridized carbons (Fsp3) is 0.833. The zero-order valence-corrected chi connectivity index (χ0v) is 9.93. The maximum absolute atomic E-state index is 2.34. The third kappa shape index (κ3) is 5.87. The Hall–Kier alpha value is -0.300. The summed E-state index contributed by atoms with van der Waals surface area (Å²) in [5.41, 5.74) is 1.54. The van der Waals surface area contributed by atoms with Crippen LogP contribution in [-0.4, -0.2) is 25.0 Å². The first-order chi connectivity index (χ1) is 6.11. The Balaban J connectivity index is 4.01. The number of nitrogens with zero attached hydrogens (tertiary/aromatic N) is 1. The number of rotatable bonds is 6. The summed E-state index contributed by atoms with van der Waals surface area (Å²) in [5.74, 6) is 0. The predicted molar refractivity (Wildman–Crippen MR) is 61.0 cm³/mol. The van der Waals surface area contributed by atoms with E-state index in [-0.39, 0.29) is 0 Å². The summed E-state index contributed by atoms with van der Waals surface area (Å²) in [4.78, 5) is 2.34. The third-order valence-corrected chi connectivity index (χ3v) is 2.46. The second-order valence-corrected chi connectivity index (χ2v) is 4.07. The van der Waals surface area contributed by atoms with E-state index in [1.807, 2.05) is 0 Å². The molecule has 0 aliphatic rings. The molecule has 0 radical (unpaired) electrons. The highest BCUT2D eigenvalue weighted by Gasteiger charge is 2.09. The Morgan fingerprint density at radius 3 is 2.31 bits per heavy atom. The third-order valence-electron chi connectivity index (χ3n) is 2.46. The summed E-state index contributed by atoms with van der Waals surface area (Å²) >= 11 is 0. The van der Waals surface area contributed by atoms with Crippen molar-refractivity contribution in [2.24, 2.45) is 0 Å². The van der Waals surface area contributed by atoms with E-state index < -0.39 is 0 Å². The van der Waals surface area contributed by atoms with Gasteiger partial charge in [0.25, 0.3) is 0 Å². The minimum atomic E-state index is 0.729. The zero-order chi connectivity index (χ0) is 10.3. The van der Waals surface area contributed by atoms with E-state index >= 15 is 0 Å². The van der Waals surface area contributed by atoms with Crippen LogP contribution >= 0.6 is 0 Å². The second-order valence-electron chi connectivity index (χ2n) is 4.07. The molecule has 0 rings (SSSR count). The van der Waals surface area contributed by atoms with Gasteiger partial charge in [0, 0.05) is 6.04 Å². The lowest BCUT2D eigenvalue weighted by molar-refractivity contribution is 0.274. The van der Waals surface area contributed by atoms with Crippen LogP contribution in [0.3, 0.4) is 0 Å². The lowest BCUT2D eigenvalue weighted by Crippen LogP contribution is -2.27. The van der Waals surface area contributed by atoms with E-state index in [9.17, 15) is 0 Å². The molecule has 0 aromatic rings. The first-order valence-electron chi connectivity index (χ1n) is 5.43. The van der Waals surface area contributed by atoms with Gasteiger partial charge in [0.15, 0.2) is 0 Å². The van der Waals surface area contributed by atoms with Crippen molar-refractivity contribution < 1.29 is 0 Å². The highest BCUT2D eigenvalue weighted by Crippen LogP contribution is 2.14. The van der Waals surface area contributed by atoms with E-state index in [0.29, 0.717) is 0 Å². The second kappa shape index (κ2) is 7.14. The first-order valence-corrected chi connectivity index (χ1v) is 5.43. The average molecular weight is 183 g/mol. The Morgan fingerprint density at radius 1 is 1.31 bits per heavy atom.